The molecule has 1 N–H and O–H groups in total. The van der Waals surface area contributed by atoms with Gasteiger partial charge in [-0.1, -0.05) is 24.3 Å². The molecule has 2 aromatic carbocycles. The van der Waals surface area contributed by atoms with E-state index in [1.54, 1.807) is 18.2 Å². The van der Waals surface area contributed by atoms with E-state index in [9.17, 15) is 14.0 Å². The van der Waals surface area contributed by atoms with Crippen LogP contribution in [0.3, 0.4) is 0 Å². The molecule has 1 unspecified atom stereocenters. The van der Waals surface area contributed by atoms with Crippen molar-refractivity contribution in [1.29, 1.82) is 0 Å². The van der Waals surface area contributed by atoms with Gasteiger partial charge in [-0.3, -0.25) is 4.79 Å². The minimum atomic E-state index is -0.983. The van der Waals surface area contributed by atoms with Crippen LogP contribution in [0.1, 0.15) is 31.9 Å². The Labute approximate surface area is 169 Å². The number of fused-ring (bicyclic) bond motifs is 1. The topological polar surface area (TPSA) is 73.9 Å². The predicted molar refractivity (Wildman–Crippen MR) is 104 cm³/mol. The van der Waals surface area contributed by atoms with Crippen molar-refractivity contribution in [3.05, 3.63) is 59.4 Å². The van der Waals surface area contributed by atoms with Gasteiger partial charge in [0.25, 0.3) is 5.91 Å². The lowest BCUT2D eigenvalue weighted by Crippen LogP contribution is -2.36. The summed E-state index contributed by atoms with van der Waals surface area (Å²) in [7, 11) is 0. The normalized spacial score (nSPS) is 15.0. The highest BCUT2D eigenvalue weighted by Gasteiger charge is 2.32. The minimum Gasteiger partial charge on any atom is -0.483 e. The van der Waals surface area contributed by atoms with Crippen LogP contribution in [0, 0.1) is 5.82 Å². The molecule has 3 rings (SSSR count). The number of hydrogen-bond donors (Lipinski definition) is 1. The molecule has 1 aliphatic heterocycles. The number of rotatable bonds is 7. The molecule has 0 aliphatic carbocycles. The number of nitrogens with one attached hydrogen (secondary N) is 1. The highest BCUT2D eigenvalue weighted by molar-refractivity contribution is 5.83. The fraction of sp³-hybridized carbons (Fsp3) is 0.364. The zero-order valence-corrected chi connectivity index (χ0v) is 16.7. The molecule has 0 saturated carbocycles. The van der Waals surface area contributed by atoms with Gasteiger partial charge < -0.3 is 19.5 Å². The van der Waals surface area contributed by atoms with Gasteiger partial charge in [-0.25, -0.2) is 9.18 Å². The Hall–Kier alpha value is -3.09. The smallest absolute Gasteiger partial charge is 0.344 e. The van der Waals surface area contributed by atoms with Gasteiger partial charge in [-0.05, 0) is 44.5 Å². The number of amides is 1. The standard InChI is InChI=1S/C22H24FNO5/c1-14(21(26)24-12-15-7-9-17(23)10-8-15)28-19(25)13-27-18-6-4-5-16-11-22(2,3)29-20(16)18/h4-10,14H,11-13H2,1-3H3,(H,24,26). The van der Waals surface area contributed by atoms with Crippen molar-refractivity contribution < 1.29 is 28.2 Å². The summed E-state index contributed by atoms with van der Waals surface area (Å²) in [6.45, 7) is 5.31. The maximum atomic E-state index is 12.9. The van der Waals surface area contributed by atoms with Crippen molar-refractivity contribution in [2.24, 2.45) is 0 Å². The minimum absolute atomic E-state index is 0.209. The van der Waals surface area contributed by atoms with Crippen LogP contribution in [-0.2, 0) is 27.3 Å². The van der Waals surface area contributed by atoms with Crippen molar-refractivity contribution in [3.63, 3.8) is 0 Å². The van der Waals surface area contributed by atoms with Gasteiger partial charge in [-0.15, -0.1) is 0 Å². The zero-order valence-electron chi connectivity index (χ0n) is 16.7. The Morgan fingerprint density at radius 2 is 1.93 bits per heavy atom. The number of para-hydroxylation sites is 1. The number of ether oxygens (including phenoxy) is 3. The highest BCUT2D eigenvalue weighted by Crippen LogP contribution is 2.41. The number of halogens is 1. The lowest BCUT2D eigenvalue weighted by Gasteiger charge is -2.18. The molecule has 2 aromatic rings. The van der Waals surface area contributed by atoms with Crippen LogP contribution in [0.25, 0.3) is 0 Å². The average Bonchev–Trinajstić information content (AvgIpc) is 3.00. The number of carbonyl (C=O) groups excluding carboxylic acids is 2. The van der Waals surface area contributed by atoms with Gasteiger partial charge >= 0.3 is 5.97 Å². The van der Waals surface area contributed by atoms with Crippen LogP contribution in [0.5, 0.6) is 11.5 Å². The Morgan fingerprint density at radius 1 is 1.21 bits per heavy atom. The number of esters is 1. The van der Waals surface area contributed by atoms with E-state index in [4.69, 9.17) is 14.2 Å². The molecular formula is C22H24FNO5. The summed E-state index contributed by atoms with van der Waals surface area (Å²) in [5.74, 6) is -0.355. The Bertz CT molecular complexity index is 895. The zero-order chi connectivity index (χ0) is 21.0. The third kappa shape index (κ3) is 5.47. The first-order chi connectivity index (χ1) is 13.7. The van der Waals surface area contributed by atoms with E-state index in [1.165, 1.54) is 19.1 Å². The van der Waals surface area contributed by atoms with Crippen molar-refractivity contribution in [1.82, 2.24) is 5.32 Å². The maximum Gasteiger partial charge on any atom is 0.344 e. The van der Waals surface area contributed by atoms with Crippen LogP contribution in [-0.4, -0.2) is 30.2 Å². The first-order valence-corrected chi connectivity index (χ1v) is 9.39. The van der Waals surface area contributed by atoms with Crippen LogP contribution < -0.4 is 14.8 Å². The van der Waals surface area contributed by atoms with E-state index in [1.807, 2.05) is 26.0 Å². The SMILES string of the molecule is CC(OC(=O)COc1cccc2c1OC(C)(C)C2)C(=O)NCc1ccc(F)cc1. The second-order valence-corrected chi connectivity index (χ2v) is 7.55. The monoisotopic (exact) mass is 401 g/mol. The molecule has 0 radical (unpaired) electrons. The Kier molecular flexibility index (Phi) is 6.06. The molecule has 1 amide bonds. The third-order valence-electron chi connectivity index (χ3n) is 4.46. The van der Waals surface area contributed by atoms with E-state index in [2.05, 4.69) is 5.32 Å². The van der Waals surface area contributed by atoms with Gasteiger partial charge in [0, 0.05) is 18.5 Å². The van der Waals surface area contributed by atoms with E-state index >= 15 is 0 Å². The van der Waals surface area contributed by atoms with Crippen LogP contribution in [0.15, 0.2) is 42.5 Å². The van der Waals surface area contributed by atoms with Gasteiger partial charge in [0.1, 0.15) is 11.4 Å². The molecule has 0 bridgehead atoms. The second kappa shape index (κ2) is 8.51. The largest absolute Gasteiger partial charge is 0.483 e. The maximum absolute atomic E-state index is 12.9. The molecule has 7 heteroatoms. The summed E-state index contributed by atoms with van der Waals surface area (Å²) in [5, 5.41) is 2.64. The Balaban J connectivity index is 1.46. The summed E-state index contributed by atoms with van der Waals surface area (Å²) >= 11 is 0. The van der Waals surface area contributed by atoms with E-state index in [0.29, 0.717) is 11.5 Å². The van der Waals surface area contributed by atoms with Crippen LogP contribution in [0.4, 0.5) is 4.39 Å². The lowest BCUT2D eigenvalue weighted by molar-refractivity contribution is -0.156. The summed E-state index contributed by atoms with van der Waals surface area (Å²) in [6, 6.07) is 11.3. The Morgan fingerprint density at radius 3 is 2.66 bits per heavy atom. The fourth-order valence-corrected chi connectivity index (χ4v) is 3.06. The fourth-order valence-electron chi connectivity index (χ4n) is 3.06. The highest BCUT2D eigenvalue weighted by atomic mass is 19.1. The quantitative estimate of drug-likeness (QED) is 0.722. The summed E-state index contributed by atoms with van der Waals surface area (Å²) in [5.41, 5.74) is 1.44. The van der Waals surface area contributed by atoms with Gasteiger partial charge in [0.05, 0.1) is 0 Å². The van der Waals surface area contributed by atoms with Gasteiger partial charge in [0.2, 0.25) is 0 Å². The molecule has 0 aromatic heterocycles. The van der Waals surface area contributed by atoms with Crippen molar-refractivity contribution >= 4 is 11.9 Å². The van der Waals surface area contributed by atoms with E-state index < -0.39 is 18.0 Å². The molecule has 6 nitrogen and oxygen atoms in total. The molecule has 0 fully saturated rings. The summed E-state index contributed by atoms with van der Waals surface area (Å²) in [4.78, 5) is 24.2. The van der Waals surface area contributed by atoms with E-state index in [0.717, 1.165) is 17.5 Å². The lowest BCUT2D eigenvalue weighted by atomic mass is 10.0. The molecule has 1 aliphatic rings. The van der Waals surface area contributed by atoms with Crippen molar-refractivity contribution in [2.75, 3.05) is 6.61 Å². The molecule has 154 valence electrons. The van der Waals surface area contributed by atoms with Crippen molar-refractivity contribution in [3.8, 4) is 11.5 Å². The number of hydrogen-bond acceptors (Lipinski definition) is 5. The van der Waals surface area contributed by atoms with E-state index in [-0.39, 0.29) is 24.6 Å². The predicted octanol–water partition coefficient (Wildman–Crippen LogP) is 3.17. The number of benzene rings is 2. The summed E-state index contributed by atoms with van der Waals surface area (Å²) in [6.07, 6.45) is -0.224. The summed E-state index contributed by atoms with van der Waals surface area (Å²) < 4.78 is 29.5. The van der Waals surface area contributed by atoms with Crippen LogP contribution in [0.2, 0.25) is 0 Å². The average molecular weight is 401 g/mol. The molecule has 1 heterocycles. The molecule has 0 spiro atoms. The molecular weight excluding hydrogens is 377 g/mol. The van der Waals surface area contributed by atoms with Gasteiger partial charge in [0.15, 0.2) is 24.2 Å². The first kappa shape index (κ1) is 20.6. The molecule has 1 atom stereocenters. The van der Waals surface area contributed by atoms with Gasteiger partial charge in [-0.2, -0.15) is 0 Å². The second-order valence-electron chi connectivity index (χ2n) is 7.55. The first-order valence-electron chi connectivity index (χ1n) is 9.39. The third-order valence-corrected chi connectivity index (χ3v) is 4.46. The number of carbonyl (C=O) groups is 2. The van der Waals surface area contributed by atoms with Crippen LogP contribution >= 0.6 is 0 Å². The molecule has 29 heavy (non-hydrogen) atoms. The van der Waals surface area contributed by atoms with Crippen molar-refractivity contribution in [2.45, 2.75) is 45.4 Å². The molecule has 0 saturated heterocycles.